The molecule has 0 unspecified atom stereocenters. The highest BCUT2D eigenvalue weighted by molar-refractivity contribution is 5.78. The average molecular weight is 445 g/mol. The van der Waals surface area contributed by atoms with Crippen LogP contribution in [0.15, 0.2) is 72.8 Å². The van der Waals surface area contributed by atoms with E-state index in [0.717, 1.165) is 54.9 Å². The highest BCUT2D eigenvalue weighted by Crippen LogP contribution is 2.42. The molecule has 33 heavy (non-hydrogen) atoms. The third-order valence-corrected chi connectivity index (χ3v) is 7.03. The number of piperidine rings is 1. The third kappa shape index (κ3) is 4.38. The van der Waals surface area contributed by atoms with Gasteiger partial charge in [-0.1, -0.05) is 48.5 Å². The second kappa shape index (κ2) is 8.99. The van der Waals surface area contributed by atoms with E-state index in [1.165, 1.54) is 11.6 Å². The summed E-state index contributed by atoms with van der Waals surface area (Å²) in [7, 11) is 1.69. The van der Waals surface area contributed by atoms with E-state index < -0.39 is 0 Å². The topological polar surface area (TPSA) is 41.6 Å². The molecule has 2 aliphatic rings. The average Bonchev–Trinajstić information content (AvgIpc) is 3.15. The molecule has 0 saturated carbocycles. The zero-order valence-corrected chi connectivity index (χ0v) is 18.9. The van der Waals surface area contributed by atoms with Crippen molar-refractivity contribution in [3.05, 3.63) is 89.7 Å². The second-order valence-corrected chi connectivity index (χ2v) is 9.24. The van der Waals surface area contributed by atoms with Crippen molar-refractivity contribution in [3.8, 4) is 16.9 Å². The highest BCUT2D eigenvalue weighted by Gasteiger charge is 2.49. The van der Waals surface area contributed by atoms with Crippen molar-refractivity contribution in [2.24, 2.45) is 0 Å². The molecular formula is C28H29FN2O2. The lowest BCUT2D eigenvalue weighted by molar-refractivity contribution is -0.125. The van der Waals surface area contributed by atoms with E-state index >= 15 is 0 Å². The Morgan fingerprint density at radius 2 is 1.94 bits per heavy atom. The number of benzene rings is 3. The predicted octanol–water partition coefficient (Wildman–Crippen LogP) is 5.14. The Morgan fingerprint density at radius 3 is 2.76 bits per heavy atom. The van der Waals surface area contributed by atoms with Crippen LogP contribution in [0.1, 0.15) is 36.3 Å². The molecule has 3 aromatic rings. The van der Waals surface area contributed by atoms with E-state index in [2.05, 4.69) is 40.5 Å². The number of hydrogen-bond acceptors (Lipinski definition) is 3. The van der Waals surface area contributed by atoms with Crippen LogP contribution in [0.5, 0.6) is 5.75 Å². The molecule has 5 heteroatoms. The number of likely N-dealkylation sites (tertiary alicyclic amines) is 1. The maximum Gasteiger partial charge on any atom is 0.220 e. The van der Waals surface area contributed by atoms with Crippen molar-refractivity contribution >= 4 is 5.91 Å². The van der Waals surface area contributed by atoms with Gasteiger partial charge in [-0.05, 0) is 53.8 Å². The Hall–Kier alpha value is -3.18. The SMILES string of the molecule is COc1ccccc1-c1cccc(CN2C[C@@H](c3cccc(F)c3)[C@@]3(CCCC(=O)N3)C2)c1. The van der Waals surface area contributed by atoms with Crippen molar-refractivity contribution in [3.63, 3.8) is 0 Å². The summed E-state index contributed by atoms with van der Waals surface area (Å²) >= 11 is 0. The van der Waals surface area contributed by atoms with Crippen LogP contribution < -0.4 is 10.1 Å². The molecule has 2 atom stereocenters. The normalized spacial score (nSPS) is 23.0. The van der Waals surface area contributed by atoms with Crippen LogP contribution in [-0.2, 0) is 11.3 Å². The molecule has 5 rings (SSSR count). The van der Waals surface area contributed by atoms with Crippen molar-refractivity contribution in [1.82, 2.24) is 10.2 Å². The van der Waals surface area contributed by atoms with Crippen molar-refractivity contribution in [1.29, 1.82) is 0 Å². The number of ether oxygens (including phenoxy) is 1. The van der Waals surface area contributed by atoms with Gasteiger partial charge in [-0.15, -0.1) is 0 Å². The zero-order chi connectivity index (χ0) is 22.8. The first-order valence-electron chi connectivity index (χ1n) is 11.6. The number of amides is 1. The second-order valence-electron chi connectivity index (χ2n) is 9.24. The summed E-state index contributed by atoms with van der Waals surface area (Å²) in [5.41, 5.74) is 4.00. The Balaban J connectivity index is 1.42. The van der Waals surface area contributed by atoms with E-state index in [9.17, 15) is 9.18 Å². The molecule has 2 fully saturated rings. The summed E-state index contributed by atoms with van der Waals surface area (Å²) in [6.07, 6.45) is 2.35. The molecule has 0 radical (unpaired) electrons. The molecule has 0 aliphatic carbocycles. The first kappa shape index (κ1) is 21.7. The molecule has 4 nitrogen and oxygen atoms in total. The highest BCUT2D eigenvalue weighted by atomic mass is 19.1. The fourth-order valence-corrected chi connectivity index (χ4v) is 5.60. The molecule has 0 bridgehead atoms. The number of hydrogen-bond donors (Lipinski definition) is 1. The Kier molecular flexibility index (Phi) is 5.90. The fourth-order valence-electron chi connectivity index (χ4n) is 5.60. The molecule has 0 aromatic heterocycles. The van der Waals surface area contributed by atoms with Gasteiger partial charge in [0.2, 0.25) is 5.91 Å². The summed E-state index contributed by atoms with van der Waals surface area (Å²) in [6, 6.07) is 23.4. The van der Waals surface area contributed by atoms with Crippen molar-refractivity contribution < 1.29 is 13.9 Å². The molecular weight excluding hydrogens is 415 g/mol. The molecule has 2 heterocycles. The number of carbonyl (C=O) groups is 1. The Labute approximate surface area is 194 Å². The van der Waals surface area contributed by atoms with E-state index in [0.29, 0.717) is 6.42 Å². The van der Waals surface area contributed by atoms with Crippen LogP contribution in [0.3, 0.4) is 0 Å². The molecule has 3 aromatic carbocycles. The summed E-state index contributed by atoms with van der Waals surface area (Å²) in [4.78, 5) is 14.8. The smallest absolute Gasteiger partial charge is 0.220 e. The van der Waals surface area contributed by atoms with Gasteiger partial charge in [-0.25, -0.2) is 4.39 Å². The lowest BCUT2D eigenvalue weighted by Gasteiger charge is -2.39. The van der Waals surface area contributed by atoms with Crippen LogP contribution in [0.2, 0.25) is 0 Å². The van der Waals surface area contributed by atoms with Gasteiger partial charge in [0.1, 0.15) is 11.6 Å². The summed E-state index contributed by atoms with van der Waals surface area (Å²) in [5.74, 6) is 0.788. The minimum Gasteiger partial charge on any atom is -0.496 e. The van der Waals surface area contributed by atoms with Gasteiger partial charge in [0.25, 0.3) is 0 Å². The van der Waals surface area contributed by atoms with E-state index in [4.69, 9.17) is 4.74 Å². The van der Waals surface area contributed by atoms with E-state index in [-0.39, 0.29) is 23.2 Å². The van der Waals surface area contributed by atoms with Crippen molar-refractivity contribution in [2.75, 3.05) is 20.2 Å². The predicted molar refractivity (Wildman–Crippen MR) is 128 cm³/mol. The minimum atomic E-state index is -0.344. The number of methoxy groups -OCH3 is 1. The molecule has 2 saturated heterocycles. The maximum absolute atomic E-state index is 14.1. The number of rotatable bonds is 5. The number of halogens is 1. The van der Waals surface area contributed by atoms with E-state index in [1.807, 2.05) is 24.3 Å². The van der Waals surface area contributed by atoms with Gasteiger partial charge >= 0.3 is 0 Å². The maximum atomic E-state index is 14.1. The number of para-hydroxylation sites is 1. The standard InChI is InChI=1S/C28H29FN2O2/c1-33-26-12-3-2-11-24(26)21-8-4-7-20(15-21)17-31-18-25(22-9-5-10-23(29)16-22)28(19-31)14-6-13-27(32)30-28/h2-5,7-12,15-16,25H,6,13-14,17-19H2,1H3,(H,30,32)/t25-,28+/m0/s1. The minimum absolute atomic E-state index is 0.0647. The number of nitrogens with one attached hydrogen (secondary N) is 1. The molecule has 2 aliphatic heterocycles. The van der Waals surface area contributed by atoms with Gasteiger partial charge < -0.3 is 10.1 Å². The zero-order valence-electron chi connectivity index (χ0n) is 18.9. The van der Waals surface area contributed by atoms with Crippen LogP contribution in [0.4, 0.5) is 4.39 Å². The van der Waals surface area contributed by atoms with Gasteiger partial charge in [-0.2, -0.15) is 0 Å². The summed E-state index contributed by atoms with van der Waals surface area (Å²) < 4.78 is 19.6. The quantitative estimate of drug-likeness (QED) is 0.593. The first-order valence-corrected chi connectivity index (χ1v) is 11.6. The third-order valence-electron chi connectivity index (χ3n) is 7.03. The fraction of sp³-hybridized carbons (Fsp3) is 0.321. The summed E-state index contributed by atoms with van der Waals surface area (Å²) in [5, 5.41) is 3.31. The molecule has 1 N–H and O–H groups in total. The van der Waals surface area contributed by atoms with Crippen LogP contribution in [0.25, 0.3) is 11.1 Å². The summed E-state index contributed by atoms with van der Waals surface area (Å²) in [6.45, 7) is 2.31. The lowest BCUT2D eigenvalue weighted by Crippen LogP contribution is -2.56. The van der Waals surface area contributed by atoms with Crippen LogP contribution in [0, 0.1) is 5.82 Å². The monoisotopic (exact) mass is 444 g/mol. The van der Waals surface area contributed by atoms with E-state index in [1.54, 1.807) is 19.2 Å². The van der Waals surface area contributed by atoms with Crippen LogP contribution >= 0.6 is 0 Å². The molecule has 170 valence electrons. The lowest BCUT2D eigenvalue weighted by atomic mass is 9.76. The van der Waals surface area contributed by atoms with Gasteiger partial charge in [0.05, 0.1) is 12.6 Å². The van der Waals surface area contributed by atoms with Gasteiger partial charge in [0, 0.05) is 37.5 Å². The number of carbonyl (C=O) groups excluding carboxylic acids is 1. The Bertz CT molecular complexity index is 1160. The van der Waals surface area contributed by atoms with Gasteiger partial charge in [0.15, 0.2) is 0 Å². The Morgan fingerprint density at radius 1 is 1.09 bits per heavy atom. The van der Waals surface area contributed by atoms with Crippen molar-refractivity contribution in [2.45, 2.75) is 37.3 Å². The largest absolute Gasteiger partial charge is 0.496 e. The van der Waals surface area contributed by atoms with Gasteiger partial charge in [-0.3, -0.25) is 9.69 Å². The first-order chi connectivity index (χ1) is 16.1. The van der Waals surface area contributed by atoms with Crippen LogP contribution in [-0.4, -0.2) is 36.5 Å². The number of nitrogens with zero attached hydrogens (tertiary/aromatic N) is 1. The molecule has 1 spiro atoms. The molecule has 1 amide bonds.